The molecule has 0 heterocycles. The van der Waals surface area contributed by atoms with Gasteiger partial charge in [0.05, 0.1) is 0 Å². The zero-order valence-electron chi connectivity index (χ0n) is 11.3. The maximum atomic E-state index is 12.1. The van der Waals surface area contributed by atoms with Crippen molar-refractivity contribution in [3.8, 4) is 11.8 Å². The van der Waals surface area contributed by atoms with E-state index in [2.05, 4.69) is 17.2 Å². The zero-order chi connectivity index (χ0) is 15.1. The number of hydrogen-bond acceptors (Lipinski definition) is 2. The highest BCUT2D eigenvalue weighted by atomic mass is 35.5. The number of carbonyl (C=O) groups excluding carboxylic acids is 1. The fourth-order valence-electron chi connectivity index (χ4n) is 1.81. The molecule has 4 heteroatoms. The van der Waals surface area contributed by atoms with Crippen LogP contribution in [0, 0.1) is 11.8 Å². The minimum absolute atomic E-state index is 0.178. The number of aliphatic hydroxyl groups is 1. The lowest BCUT2D eigenvalue weighted by atomic mass is 10.1. The van der Waals surface area contributed by atoms with Gasteiger partial charge in [-0.1, -0.05) is 41.6 Å². The second-order valence-electron chi connectivity index (χ2n) is 4.35. The van der Waals surface area contributed by atoms with Crippen molar-refractivity contribution in [2.45, 2.75) is 6.54 Å². The standard InChI is InChI=1S/C17H14ClNO2/c18-16-8-2-5-14(11-16)12-19-17(21)15-7-1-4-13(10-15)6-3-9-20/h1-2,4-5,7-8,10-11,20H,9,12H2,(H,19,21). The Balaban J connectivity index is 2.03. The second kappa shape index (κ2) is 7.49. The Bertz CT molecular complexity index is 701. The SMILES string of the molecule is O=C(NCc1cccc(Cl)c1)c1cccc(C#CCO)c1. The molecule has 21 heavy (non-hydrogen) atoms. The molecule has 2 rings (SSSR count). The average Bonchev–Trinajstić information content (AvgIpc) is 2.51. The van der Waals surface area contributed by atoms with Gasteiger partial charge in [0, 0.05) is 22.7 Å². The fourth-order valence-corrected chi connectivity index (χ4v) is 2.02. The molecule has 106 valence electrons. The monoisotopic (exact) mass is 299 g/mol. The molecule has 0 aromatic heterocycles. The van der Waals surface area contributed by atoms with Gasteiger partial charge in [-0.15, -0.1) is 0 Å². The molecule has 0 saturated carbocycles. The summed E-state index contributed by atoms with van der Waals surface area (Å²) in [4.78, 5) is 12.1. The summed E-state index contributed by atoms with van der Waals surface area (Å²) in [6.45, 7) is 0.205. The van der Waals surface area contributed by atoms with Crippen LogP contribution in [0.3, 0.4) is 0 Å². The highest BCUT2D eigenvalue weighted by Gasteiger charge is 2.05. The van der Waals surface area contributed by atoms with Gasteiger partial charge in [0.2, 0.25) is 0 Å². The minimum Gasteiger partial charge on any atom is -0.384 e. The molecule has 0 unspecified atom stereocenters. The summed E-state index contributed by atoms with van der Waals surface area (Å²) in [5.41, 5.74) is 2.16. The maximum absolute atomic E-state index is 12.1. The van der Waals surface area contributed by atoms with E-state index in [-0.39, 0.29) is 12.5 Å². The predicted molar refractivity (Wildman–Crippen MR) is 83.0 cm³/mol. The number of rotatable bonds is 3. The van der Waals surface area contributed by atoms with Gasteiger partial charge in [0.1, 0.15) is 6.61 Å². The molecule has 0 fully saturated rings. The molecular formula is C17H14ClNO2. The normalized spacial score (nSPS) is 9.62. The van der Waals surface area contributed by atoms with Crippen molar-refractivity contribution in [3.05, 3.63) is 70.2 Å². The summed E-state index contributed by atoms with van der Waals surface area (Å²) in [5, 5.41) is 12.1. The molecule has 2 aromatic carbocycles. The lowest BCUT2D eigenvalue weighted by molar-refractivity contribution is 0.0951. The molecule has 0 atom stereocenters. The lowest BCUT2D eigenvalue weighted by Gasteiger charge is -2.06. The van der Waals surface area contributed by atoms with Crippen LogP contribution in [0.2, 0.25) is 5.02 Å². The summed E-state index contributed by atoms with van der Waals surface area (Å²) in [6, 6.07) is 14.3. The van der Waals surface area contributed by atoms with Crippen LogP contribution in [0.25, 0.3) is 0 Å². The van der Waals surface area contributed by atoms with Gasteiger partial charge in [0.25, 0.3) is 5.91 Å². The summed E-state index contributed by atoms with van der Waals surface area (Å²) in [7, 11) is 0. The zero-order valence-corrected chi connectivity index (χ0v) is 12.0. The number of aliphatic hydroxyl groups excluding tert-OH is 1. The molecule has 1 amide bonds. The van der Waals surface area contributed by atoms with Crippen LogP contribution in [0.4, 0.5) is 0 Å². The highest BCUT2D eigenvalue weighted by molar-refractivity contribution is 6.30. The topological polar surface area (TPSA) is 49.3 Å². The van der Waals surface area contributed by atoms with E-state index in [9.17, 15) is 4.79 Å². The molecule has 0 radical (unpaired) electrons. The van der Waals surface area contributed by atoms with E-state index in [0.717, 1.165) is 5.56 Å². The number of benzene rings is 2. The molecule has 2 aromatic rings. The second-order valence-corrected chi connectivity index (χ2v) is 4.79. The minimum atomic E-state index is -0.203. The Morgan fingerprint density at radius 1 is 1.19 bits per heavy atom. The first-order chi connectivity index (χ1) is 10.2. The van der Waals surface area contributed by atoms with Crippen LogP contribution in [-0.2, 0) is 6.54 Å². The molecule has 3 nitrogen and oxygen atoms in total. The molecule has 0 aliphatic heterocycles. The van der Waals surface area contributed by atoms with Gasteiger partial charge in [-0.3, -0.25) is 4.79 Å². The number of amides is 1. The van der Waals surface area contributed by atoms with Gasteiger partial charge in [-0.2, -0.15) is 0 Å². The molecule has 0 spiro atoms. The summed E-state index contributed by atoms with van der Waals surface area (Å²) in [6.07, 6.45) is 0. The third-order valence-corrected chi connectivity index (χ3v) is 3.01. The first kappa shape index (κ1) is 15.1. The van der Waals surface area contributed by atoms with Crippen molar-refractivity contribution in [1.29, 1.82) is 0 Å². The first-order valence-corrected chi connectivity index (χ1v) is 6.79. The van der Waals surface area contributed by atoms with Crippen molar-refractivity contribution < 1.29 is 9.90 Å². The van der Waals surface area contributed by atoms with Crippen LogP contribution in [0.5, 0.6) is 0 Å². The third-order valence-electron chi connectivity index (χ3n) is 2.78. The number of hydrogen-bond donors (Lipinski definition) is 2. The van der Waals surface area contributed by atoms with Crippen molar-refractivity contribution in [1.82, 2.24) is 5.32 Å². The molecule has 0 aliphatic rings. The Morgan fingerprint density at radius 3 is 2.76 bits per heavy atom. The van der Waals surface area contributed by atoms with E-state index in [1.54, 1.807) is 30.3 Å². The Kier molecular flexibility index (Phi) is 5.39. The average molecular weight is 300 g/mol. The van der Waals surface area contributed by atoms with Crippen molar-refractivity contribution in [2.24, 2.45) is 0 Å². The third kappa shape index (κ3) is 4.64. The van der Waals surface area contributed by atoms with Gasteiger partial charge in [-0.05, 0) is 35.9 Å². The van der Waals surface area contributed by atoms with E-state index >= 15 is 0 Å². The predicted octanol–water partition coefficient (Wildman–Crippen LogP) is 2.61. The molecular weight excluding hydrogens is 286 g/mol. The summed E-state index contributed by atoms with van der Waals surface area (Å²) >= 11 is 5.90. The van der Waals surface area contributed by atoms with Gasteiger partial charge < -0.3 is 10.4 Å². The van der Waals surface area contributed by atoms with Crippen molar-refractivity contribution >= 4 is 17.5 Å². The van der Waals surface area contributed by atoms with Crippen LogP contribution in [0.15, 0.2) is 48.5 Å². The number of halogens is 1. The molecule has 0 aliphatic carbocycles. The fraction of sp³-hybridized carbons (Fsp3) is 0.118. The number of nitrogens with one attached hydrogen (secondary N) is 1. The Hall–Kier alpha value is -2.28. The first-order valence-electron chi connectivity index (χ1n) is 6.41. The van der Waals surface area contributed by atoms with Gasteiger partial charge in [-0.25, -0.2) is 0 Å². The van der Waals surface area contributed by atoms with E-state index < -0.39 is 0 Å². The smallest absolute Gasteiger partial charge is 0.251 e. The Morgan fingerprint density at radius 2 is 2.00 bits per heavy atom. The summed E-state index contributed by atoms with van der Waals surface area (Å²) < 4.78 is 0. The van der Waals surface area contributed by atoms with Crippen LogP contribution in [-0.4, -0.2) is 17.6 Å². The molecule has 0 bridgehead atoms. The quantitative estimate of drug-likeness (QED) is 0.856. The maximum Gasteiger partial charge on any atom is 0.251 e. The van der Waals surface area contributed by atoms with Crippen LogP contribution >= 0.6 is 11.6 Å². The van der Waals surface area contributed by atoms with Crippen molar-refractivity contribution in [2.75, 3.05) is 6.61 Å². The van der Waals surface area contributed by atoms with Gasteiger partial charge >= 0.3 is 0 Å². The molecule has 2 N–H and O–H groups in total. The van der Waals surface area contributed by atoms with E-state index in [1.807, 2.05) is 18.2 Å². The number of carbonyl (C=O) groups is 1. The van der Waals surface area contributed by atoms with Crippen molar-refractivity contribution in [3.63, 3.8) is 0 Å². The Labute approximate surface area is 128 Å². The van der Waals surface area contributed by atoms with Crippen LogP contribution < -0.4 is 5.32 Å². The molecule has 0 saturated heterocycles. The van der Waals surface area contributed by atoms with Gasteiger partial charge in [0.15, 0.2) is 0 Å². The largest absolute Gasteiger partial charge is 0.384 e. The van der Waals surface area contributed by atoms with E-state index in [4.69, 9.17) is 16.7 Å². The summed E-state index contributed by atoms with van der Waals surface area (Å²) in [5.74, 6) is 5.15. The highest BCUT2D eigenvalue weighted by Crippen LogP contribution is 2.11. The van der Waals surface area contributed by atoms with Crippen LogP contribution in [0.1, 0.15) is 21.5 Å². The lowest BCUT2D eigenvalue weighted by Crippen LogP contribution is -2.22. The van der Waals surface area contributed by atoms with E-state index in [1.165, 1.54) is 0 Å². The van der Waals surface area contributed by atoms with E-state index in [0.29, 0.717) is 22.7 Å².